The van der Waals surface area contributed by atoms with E-state index in [1.54, 1.807) is 32.0 Å². The molecule has 0 bridgehead atoms. The molecule has 0 fully saturated rings. The Morgan fingerprint density at radius 2 is 1.94 bits per heavy atom. The molecule has 98 valence electrons. The van der Waals surface area contributed by atoms with Crippen LogP contribution in [-0.2, 0) is 4.79 Å². The first-order valence-electron chi connectivity index (χ1n) is 5.72. The van der Waals surface area contributed by atoms with Crippen molar-refractivity contribution in [3.8, 4) is 0 Å². The number of nitrogens with two attached hydrogens (primary N) is 1. The first-order valence-corrected chi connectivity index (χ1v) is 5.72. The Labute approximate surface area is 106 Å². The molecular formula is C13H18N2O3. The number of nitrogens with one attached hydrogen (secondary N) is 1. The Balaban J connectivity index is 3.12. The van der Waals surface area contributed by atoms with Gasteiger partial charge in [-0.2, -0.15) is 0 Å². The second-order valence-corrected chi connectivity index (χ2v) is 4.62. The topological polar surface area (TPSA) is 92.4 Å². The number of benzene rings is 1. The van der Waals surface area contributed by atoms with Crippen molar-refractivity contribution in [3.05, 3.63) is 29.3 Å². The summed E-state index contributed by atoms with van der Waals surface area (Å²) < 4.78 is 0. The number of carboxylic acids is 1. The maximum absolute atomic E-state index is 11.3. The minimum absolute atomic E-state index is 0.108. The van der Waals surface area contributed by atoms with Crippen LogP contribution >= 0.6 is 0 Å². The molecule has 1 rings (SSSR count). The summed E-state index contributed by atoms with van der Waals surface area (Å²) in [6.07, 6.45) is 0. The first-order chi connectivity index (χ1) is 8.32. The van der Waals surface area contributed by atoms with Gasteiger partial charge in [-0.15, -0.1) is 0 Å². The summed E-state index contributed by atoms with van der Waals surface area (Å²) in [5.41, 5.74) is 6.95. The fraction of sp³-hybridized carbons (Fsp3) is 0.385. The molecule has 0 heterocycles. The number of rotatable bonds is 5. The van der Waals surface area contributed by atoms with Gasteiger partial charge in [0.15, 0.2) is 0 Å². The van der Waals surface area contributed by atoms with Gasteiger partial charge in [-0.3, -0.25) is 4.79 Å². The predicted octanol–water partition coefficient (Wildman–Crippen LogP) is 1.62. The number of amides is 1. The van der Waals surface area contributed by atoms with Gasteiger partial charge < -0.3 is 16.2 Å². The number of primary amides is 1. The van der Waals surface area contributed by atoms with Crippen molar-refractivity contribution in [3.63, 3.8) is 0 Å². The molecule has 5 nitrogen and oxygen atoms in total. The summed E-state index contributed by atoms with van der Waals surface area (Å²) in [6, 6.07) is 4.32. The molecule has 0 aromatic heterocycles. The van der Waals surface area contributed by atoms with Crippen LogP contribution in [0.3, 0.4) is 0 Å². The minimum Gasteiger partial charge on any atom is -0.480 e. The van der Waals surface area contributed by atoms with E-state index < -0.39 is 17.9 Å². The molecule has 0 aliphatic heterocycles. The molecule has 1 amide bonds. The monoisotopic (exact) mass is 250 g/mol. The Kier molecular flexibility index (Phi) is 4.31. The standard InChI is InChI=1S/C13H18N2O3/c1-7(2)11(13(17)18)15-10-6-8(3)4-5-9(10)12(14)16/h4-7,11,15H,1-3H3,(H2,14,16)(H,17,18). The van der Waals surface area contributed by atoms with Gasteiger partial charge in [0.2, 0.25) is 0 Å². The van der Waals surface area contributed by atoms with Crippen LogP contribution in [0, 0.1) is 12.8 Å². The van der Waals surface area contributed by atoms with Gasteiger partial charge in [0.1, 0.15) is 6.04 Å². The predicted molar refractivity (Wildman–Crippen MR) is 69.6 cm³/mol. The van der Waals surface area contributed by atoms with E-state index in [1.807, 2.05) is 6.92 Å². The molecule has 4 N–H and O–H groups in total. The van der Waals surface area contributed by atoms with Gasteiger partial charge in [-0.05, 0) is 30.5 Å². The van der Waals surface area contributed by atoms with E-state index in [9.17, 15) is 9.59 Å². The molecule has 1 aromatic rings. The second-order valence-electron chi connectivity index (χ2n) is 4.62. The highest BCUT2D eigenvalue weighted by molar-refractivity contribution is 5.99. The van der Waals surface area contributed by atoms with Gasteiger partial charge in [0.25, 0.3) is 5.91 Å². The average molecular weight is 250 g/mol. The SMILES string of the molecule is Cc1ccc(C(N)=O)c(NC(C(=O)O)C(C)C)c1. The maximum atomic E-state index is 11.3. The van der Waals surface area contributed by atoms with Gasteiger partial charge in [0.05, 0.1) is 5.56 Å². The highest BCUT2D eigenvalue weighted by atomic mass is 16.4. The van der Waals surface area contributed by atoms with E-state index in [4.69, 9.17) is 10.8 Å². The van der Waals surface area contributed by atoms with Crippen molar-refractivity contribution in [2.45, 2.75) is 26.8 Å². The van der Waals surface area contributed by atoms with Crippen molar-refractivity contribution in [2.24, 2.45) is 11.7 Å². The average Bonchev–Trinajstić information content (AvgIpc) is 2.24. The van der Waals surface area contributed by atoms with Crippen molar-refractivity contribution in [2.75, 3.05) is 5.32 Å². The van der Waals surface area contributed by atoms with Crippen LogP contribution in [-0.4, -0.2) is 23.0 Å². The lowest BCUT2D eigenvalue weighted by atomic mass is 10.0. The van der Waals surface area contributed by atoms with Crippen molar-refractivity contribution in [1.29, 1.82) is 0 Å². The molecule has 1 unspecified atom stereocenters. The van der Waals surface area contributed by atoms with E-state index in [-0.39, 0.29) is 5.92 Å². The van der Waals surface area contributed by atoms with E-state index in [1.165, 1.54) is 0 Å². The summed E-state index contributed by atoms with van der Waals surface area (Å²) in [4.78, 5) is 22.4. The lowest BCUT2D eigenvalue weighted by Crippen LogP contribution is -2.35. The Hall–Kier alpha value is -2.04. The lowest BCUT2D eigenvalue weighted by molar-refractivity contribution is -0.138. The fourth-order valence-corrected chi connectivity index (χ4v) is 1.67. The Morgan fingerprint density at radius 1 is 1.33 bits per heavy atom. The molecule has 0 aliphatic carbocycles. The van der Waals surface area contributed by atoms with Crippen LogP contribution < -0.4 is 11.1 Å². The van der Waals surface area contributed by atoms with E-state index >= 15 is 0 Å². The quantitative estimate of drug-likeness (QED) is 0.740. The van der Waals surface area contributed by atoms with Crippen LogP contribution in [0.2, 0.25) is 0 Å². The smallest absolute Gasteiger partial charge is 0.326 e. The van der Waals surface area contributed by atoms with Crippen molar-refractivity contribution < 1.29 is 14.7 Å². The minimum atomic E-state index is -0.957. The zero-order valence-corrected chi connectivity index (χ0v) is 10.7. The highest BCUT2D eigenvalue weighted by Crippen LogP contribution is 2.20. The third kappa shape index (κ3) is 3.23. The third-order valence-corrected chi connectivity index (χ3v) is 2.68. The van der Waals surface area contributed by atoms with Crippen molar-refractivity contribution >= 4 is 17.6 Å². The van der Waals surface area contributed by atoms with Gasteiger partial charge in [0, 0.05) is 5.69 Å². The molecule has 5 heteroatoms. The summed E-state index contributed by atoms with van der Waals surface area (Å²) in [5.74, 6) is -1.64. The van der Waals surface area contributed by atoms with Crippen LogP contribution in [0.5, 0.6) is 0 Å². The van der Waals surface area contributed by atoms with Gasteiger partial charge in [-0.25, -0.2) is 4.79 Å². The number of hydrogen-bond acceptors (Lipinski definition) is 3. The van der Waals surface area contributed by atoms with Gasteiger partial charge in [-0.1, -0.05) is 19.9 Å². The molecule has 0 saturated carbocycles. The largest absolute Gasteiger partial charge is 0.480 e. The van der Waals surface area contributed by atoms with Crippen LogP contribution in [0.1, 0.15) is 29.8 Å². The molecule has 1 atom stereocenters. The van der Waals surface area contributed by atoms with Crippen LogP contribution in [0.15, 0.2) is 18.2 Å². The molecular weight excluding hydrogens is 232 g/mol. The van der Waals surface area contributed by atoms with Crippen LogP contribution in [0.25, 0.3) is 0 Å². The Morgan fingerprint density at radius 3 is 2.39 bits per heavy atom. The van der Waals surface area contributed by atoms with E-state index in [2.05, 4.69) is 5.32 Å². The molecule has 0 aliphatic rings. The third-order valence-electron chi connectivity index (χ3n) is 2.68. The first kappa shape index (κ1) is 14.0. The summed E-state index contributed by atoms with van der Waals surface area (Å²) in [7, 11) is 0. The zero-order chi connectivity index (χ0) is 13.9. The second kappa shape index (κ2) is 5.53. The number of anilines is 1. The molecule has 1 aromatic carbocycles. The summed E-state index contributed by atoms with van der Waals surface area (Å²) in [6.45, 7) is 5.46. The Bertz CT molecular complexity index is 469. The van der Waals surface area contributed by atoms with E-state index in [0.29, 0.717) is 11.3 Å². The molecule has 0 radical (unpaired) electrons. The highest BCUT2D eigenvalue weighted by Gasteiger charge is 2.22. The van der Waals surface area contributed by atoms with Crippen molar-refractivity contribution in [1.82, 2.24) is 0 Å². The molecule has 0 spiro atoms. The number of carboxylic acid groups (broad SMARTS) is 1. The summed E-state index contributed by atoms with van der Waals surface area (Å²) in [5, 5.41) is 12.0. The lowest BCUT2D eigenvalue weighted by Gasteiger charge is -2.20. The molecule has 0 saturated heterocycles. The molecule has 18 heavy (non-hydrogen) atoms. The fourth-order valence-electron chi connectivity index (χ4n) is 1.67. The normalized spacial score (nSPS) is 12.2. The zero-order valence-electron chi connectivity index (χ0n) is 10.7. The van der Waals surface area contributed by atoms with Gasteiger partial charge >= 0.3 is 5.97 Å². The number of carbonyl (C=O) groups excluding carboxylic acids is 1. The number of aryl methyl sites for hydroxylation is 1. The number of aliphatic carboxylic acids is 1. The van der Waals surface area contributed by atoms with Crippen LogP contribution in [0.4, 0.5) is 5.69 Å². The van der Waals surface area contributed by atoms with E-state index in [0.717, 1.165) is 5.56 Å². The number of hydrogen-bond donors (Lipinski definition) is 3. The maximum Gasteiger partial charge on any atom is 0.326 e. The number of carbonyl (C=O) groups is 2. The summed E-state index contributed by atoms with van der Waals surface area (Å²) >= 11 is 0.